The normalized spacial score (nSPS) is 13.0. The predicted octanol–water partition coefficient (Wildman–Crippen LogP) is 5.92. The van der Waals surface area contributed by atoms with E-state index < -0.39 is 0 Å². The van der Waals surface area contributed by atoms with Gasteiger partial charge in [0.05, 0.1) is 13.7 Å². The van der Waals surface area contributed by atoms with Gasteiger partial charge in [0.2, 0.25) is 0 Å². The van der Waals surface area contributed by atoms with Crippen LogP contribution in [0.3, 0.4) is 0 Å². The van der Waals surface area contributed by atoms with Crippen molar-refractivity contribution in [3.8, 4) is 22.6 Å². The number of benzene rings is 4. The van der Waals surface area contributed by atoms with E-state index in [0.29, 0.717) is 55.6 Å². The molecule has 1 aliphatic rings. The molecular weight excluding hydrogens is 554 g/mol. The van der Waals surface area contributed by atoms with Crippen molar-refractivity contribution in [3.63, 3.8) is 0 Å². The highest BCUT2D eigenvalue weighted by Gasteiger charge is 2.25. The highest BCUT2D eigenvalue weighted by Crippen LogP contribution is 2.33. The summed E-state index contributed by atoms with van der Waals surface area (Å²) in [4.78, 5) is 30.4. The summed E-state index contributed by atoms with van der Waals surface area (Å²) in [7, 11) is 1.59. The summed E-state index contributed by atoms with van der Waals surface area (Å²) in [5, 5.41) is 13.2. The van der Waals surface area contributed by atoms with Crippen LogP contribution in [-0.4, -0.2) is 66.8 Å². The number of nitrogens with one attached hydrogen (secondary N) is 1. The molecule has 0 bridgehead atoms. The van der Waals surface area contributed by atoms with Crippen LogP contribution >= 0.6 is 0 Å². The standard InChI is InChI=1S/C35H33N5O4/c1-3-44-27-8-6-7-24(23-27)28-15-16-31(30-10-5-4-9-29(28)30)35(42)40-21-19-39(20-22-40)33-18-17-32(37-38-33)34(41)36-25-11-13-26(43-2)14-12-25/h4-18,23H,3,19-22H2,1-2H3,(H,36,41). The van der Waals surface area contributed by atoms with Crippen molar-refractivity contribution in [1.29, 1.82) is 0 Å². The summed E-state index contributed by atoms with van der Waals surface area (Å²) in [6.45, 7) is 4.89. The van der Waals surface area contributed by atoms with Crippen LogP contribution in [0.15, 0.2) is 97.1 Å². The molecule has 6 rings (SSSR count). The van der Waals surface area contributed by atoms with Gasteiger partial charge in [0.25, 0.3) is 11.8 Å². The smallest absolute Gasteiger partial charge is 0.276 e. The largest absolute Gasteiger partial charge is 0.497 e. The third kappa shape index (κ3) is 6.03. The Labute approximate surface area is 256 Å². The number of anilines is 2. The molecule has 1 aliphatic heterocycles. The Morgan fingerprint density at radius 1 is 0.795 bits per heavy atom. The van der Waals surface area contributed by atoms with E-state index in [4.69, 9.17) is 9.47 Å². The minimum absolute atomic E-state index is 0.00658. The fourth-order valence-electron chi connectivity index (χ4n) is 5.45. The molecule has 2 heterocycles. The van der Waals surface area contributed by atoms with Crippen LogP contribution in [0.2, 0.25) is 0 Å². The number of amides is 2. The molecule has 1 aromatic heterocycles. The Kier molecular flexibility index (Phi) is 8.36. The Bertz CT molecular complexity index is 1780. The number of hydrogen-bond donors (Lipinski definition) is 1. The number of carbonyl (C=O) groups is 2. The minimum Gasteiger partial charge on any atom is -0.497 e. The first kappa shape index (κ1) is 28.7. The molecule has 0 atom stereocenters. The molecule has 5 aromatic rings. The van der Waals surface area contributed by atoms with Gasteiger partial charge in [-0.1, -0.05) is 42.5 Å². The molecule has 9 heteroatoms. The molecule has 2 amide bonds. The second-order valence-corrected chi connectivity index (χ2v) is 10.4. The zero-order valence-electron chi connectivity index (χ0n) is 24.7. The number of rotatable bonds is 8. The van der Waals surface area contributed by atoms with Gasteiger partial charge in [0.15, 0.2) is 11.5 Å². The maximum absolute atomic E-state index is 13.8. The van der Waals surface area contributed by atoms with Crippen LogP contribution in [0, 0.1) is 0 Å². The number of aromatic nitrogens is 2. The number of carbonyl (C=O) groups excluding carboxylic acids is 2. The fourth-order valence-corrected chi connectivity index (χ4v) is 5.45. The molecule has 9 nitrogen and oxygen atoms in total. The van der Waals surface area contributed by atoms with Crippen LogP contribution < -0.4 is 19.7 Å². The van der Waals surface area contributed by atoms with E-state index in [1.807, 2.05) is 60.4 Å². The highest BCUT2D eigenvalue weighted by atomic mass is 16.5. The summed E-state index contributed by atoms with van der Waals surface area (Å²) in [5.74, 6) is 1.86. The van der Waals surface area contributed by atoms with Gasteiger partial charge in [-0.05, 0) is 83.4 Å². The summed E-state index contributed by atoms with van der Waals surface area (Å²) in [6.07, 6.45) is 0. The maximum Gasteiger partial charge on any atom is 0.276 e. The van der Waals surface area contributed by atoms with Crippen molar-refractivity contribution in [2.45, 2.75) is 6.92 Å². The quantitative estimate of drug-likeness (QED) is 0.241. The molecule has 0 spiro atoms. The molecule has 1 N–H and O–H groups in total. The van der Waals surface area contributed by atoms with Crippen molar-refractivity contribution in [3.05, 3.63) is 108 Å². The Morgan fingerprint density at radius 2 is 1.57 bits per heavy atom. The van der Waals surface area contributed by atoms with E-state index in [0.717, 1.165) is 27.6 Å². The van der Waals surface area contributed by atoms with Crippen LogP contribution in [0.4, 0.5) is 11.5 Å². The monoisotopic (exact) mass is 587 g/mol. The Morgan fingerprint density at radius 3 is 2.27 bits per heavy atom. The second kappa shape index (κ2) is 12.8. The zero-order chi connectivity index (χ0) is 30.5. The summed E-state index contributed by atoms with van der Waals surface area (Å²) in [6, 6.07) is 30.6. The SMILES string of the molecule is CCOc1cccc(-c2ccc(C(=O)N3CCN(c4ccc(C(=O)Nc5ccc(OC)cc5)nn4)CC3)c3ccccc23)c1. The van der Waals surface area contributed by atoms with Crippen molar-refractivity contribution in [2.75, 3.05) is 50.1 Å². The Hall–Kier alpha value is -5.44. The number of nitrogens with zero attached hydrogens (tertiary/aromatic N) is 4. The first-order valence-corrected chi connectivity index (χ1v) is 14.6. The van der Waals surface area contributed by atoms with Gasteiger partial charge < -0.3 is 24.6 Å². The lowest BCUT2D eigenvalue weighted by molar-refractivity contribution is 0.0748. The van der Waals surface area contributed by atoms with E-state index in [1.54, 1.807) is 43.5 Å². The molecule has 0 saturated carbocycles. The first-order chi connectivity index (χ1) is 21.5. The van der Waals surface area contributed by atoms with Gasteiger partial charge in [-0.3, -0.25) is 9.59 Å². The fraction of sp³-hybridized carbons (Fsp3) is 0.200. The lowest BCUT2D eigenvalue weighted by Gasteiger charge is -2.35. The number of hydrogen-bond acceptors (Lipinski definition) is 7. The van der Waals surface area contributed by atoms with Crippen LogP contribution in [-0.2, 0) is 0 Å². The molecule has 1 fully saturated rings. The van der Waals surface area contributed by atoms with Gasteiger partial charge in [-0.2, -0.15) is 0 Å². The highest BCUT2D eigenvalue weighted by molar-refractivity contribution is 6.11. The number of piperazine rings is 1. The van der Waals surface area contributed by atoms with Crippen LogP contribution in [0.1, 0.15) is 27.8 Å². The van der Waals surface area contributed by atoms with E-state index >= 15 is 0 Å². The van der Waals surface area contributed by atoms with Crippen molar-refractivity contribution >= 4 is 34.1 Å². The van der Waals surface area contributed by atoms with Gasteiger partial charge in [0.1, 0.15) is 11.5 Å². The molecular formula is C35H33N5O4. The van der Waals surface area contributed by atoms with Crippen LogP contribution in [0.25, 0.3) is 21.9 Å². The average molecular weight is 588 g/mol. The lowest BCUT2D eigenvalue weighted by Crippen LogP contribution is -2.49. The molecule has 0 aliphatic carbocycles. The van der Waals surface area contributed by atoms with E-state index in [2.05, 4.69) is 32.5 Å². The zero-order valence-corrected chi connectivity index (χ0v) is 24.7. The minimum atomic E-state index is -0.343. The third-order valence-corrected chi connectivity index (χ3v) is 7.73. The second-order valence-electron chi connectivity index (χ2n) is 10.4. The number of methoxy groups -OCH3 is 1. The Balaban J connectivity index is 1.12. The number of fused-ring (bicyclic) bond motifs is 1. The maximum atomic E-state index is 13.8. The molecule has 0 unspecified atom stereocenters. The third-order valence-electron chi connectivity index (χ3n) is 7.73. The molecule has 44 heavy (non-hydrogen) atoms. The van der Waals surface area contributed by atoms with Crippen LogP contribution in [0.5, 0.6) is 11.5 Å². The van der Waals surface area contributed by atoms with Gasteiger partial charge in [-0.25, -0.2) is 0 Å². The van der Waals surface area contributed by atoms with Crippen molar-refractivity contribution in [2.24, 2.45) is 0 Å². The summed E-state index contributed by atoms with van der Waals surface area (Å²) >= 11 is 0. The van der Waals surface area contributed by atoms with Crippen molar-refractivity contribution < 1.29 is 19.1 Å². The molecule has 1 saturated heterocycles. The molecule has 0 radical (unpaired) electrons. The van der Waals surface area contributed by atoms with E-state index in [1.165, 1.54) is 0 Å². The molecule has 222 valence electrons. The number of ether oxygens (including phenoxy) is 2. The lowest BCUT2D eigenvalue weighted by atomic mass is 9.94. The van der Waals surface area contributed by atoms with Gasteiger partial charge in [0, 0.05) is 37.4 Å². The van der Waals surface area contributed by atoms with Gasteiger partial charge in [-0.15, -0.1) is 10.2 Å². The summed E-state index contributed by atoms with van der Waals surface area (Å²) < 4.78 is 10.9. The topological polar surface area (TPSA) is 96.9 Å². The first-order valence-electron chi connectivity index (χ1n) is 14.6. The molecule has 4 aromatic carbocycles. The van der Waals surface area contributed by atoms with Crippen molar-refractivity contribution in [1.82, 2.24) is 15.1 Å². The van der Waals surface area contributed by atoms with E-state index in [9.17, 15) is 9.59 Å². The summed E-state index contributed by atoms with van der Waals surface area (Å²) in [5.41, 5.74) is 3.65. The predicted molar refractivity (Wildman–Crippen MR) is 172 cm³/mol. The average Bonchev–Trinajstić information content (AvgIpc) is 3.08. The van der Waals surface area contributed by atoms with E-state index in [-0.39, 0.29) is 17.5 Å². The van der Waals surface area contributed by atoms with Gasteiger partial charge >= 0.3 is 0 Å².